The van der Waals surface area contributed by atoms with Crippen LogP contribution in [0.15, 0.2) is 197 Å². The maximum Gasteiger partial charge on any atom is 0.143 e. The van der Waals surface area contributed by atoms with Gasteiger partial charge in [0.05, 0.1) is 5.69 Å². The second kappa shape index (κ2) is 11.9. The zero-order valence-electron chi connectivity index (χ0n) is 27.7. The molecular weight excluding hydrogens is 623 g/mol. The Morgan fingerprint density at radius 2 is 0.843 bits per heavy atom. The topological polar surface area (TPSA) is 29.5 Å². The summed E-state index contributed by atoms with van der Waals surface area (Å²) >= 11 is 0. The van der Waals surface area contributed by atoms with E-state index in [1.54, 1.807) is 0 Å². The minimum Gasteiger partial charge on any atom is -0.456 e. The highest BCUT2D eigenvalue weighted by Crippen LogP contribution is 2.44. The van der Waals surface area contributed by atoms with Crippen molar-refractivity contribution in [3.05, 3.63) is 188 Å². The van der Waals surface area contributed by atoms with Gasteiger partial charge in [0.1, 0.15) is 22.3 Å². The molecule has 0 saturated heterocycles. The summed E-state index contributed by atoms with van der Waals surface area (Å²) in [6.07, 6.45) is 0. The van der Waals surface area contributed by atoms with Crippen LogP contribution < -0.4 is 4.90 Å². The standard InChI is InChI=1S/C48H31NO2/c1-2-11-32(12-3-1)33-21-23-34(24-22-33)38-13-4-7-18-44(38)49(37-29-30-47-43(31-37)41-15-6-8-19-45(41)50-47)36-27-25-35(26-28-36)39-16-10-17-42-40-14-5-9-20-46(40)51-48(39)42/h1-31H. The van der Waals surface area contributed by atoms with Gasteiger partial charge in [-0.25, -0.2) is 0 Å². The molecule has 0 amide bonds. The predicted molar refractivity (Wildman–Crippen MR) is 212 cm³/mol. The summed E-state index contributed by atoms with van der Waals surface area (Å²) in [5, 5.41) is 4.45. The molecule has 2 heterocycles. The molecule has 0 aliphatic heterocycles. The quantitative estimate of drug-likeness (QED) is 0.179. The van der Waals surface area contributed by atoms with Crippen molar-refractivity contribution in [3.8, 4) is 33.4 Å². The van der Waals surface area contributed by atoms with Crippen LogP contribution in [0, 0.1) is 0 Å². The van der Waals surface area contributed by atoms with Crippen molar-refractivity contribution < 1.29 is 8.83 Å². The van der Waals surface area contributed by atoms with Crippen LogP contribution in [0.3, 0.4) is 0 Å². The van der Waals surface area contributed by atoms with Gasteiger partial charge in [-0.2, -0.15) is 0 Å². The molecule has 10 aromatic rings. The lowest BCUT2D eigenvalue weighted by molar-refractivity contribution is 0.669. The second-order valence-electron chi connectivity index (χ2n) is 12.9. The van der Waals surface area contributed by atoms with Crippen LogP contribution in [-0.4, -0.2) is 0 Å². The van der Waals surface area contributed by atoms with Crippen LogP contribution in [0.4, 0.5) is 17.1 Å². The lowest BCUT2D eigenvalue weighted by Crippen LogP contribution is -2.11. The van der Waals surface area contributed by atoms with Gasteiger partial charge in [0, 0.05) is 44.0 Å². The summed E-state index contributed by atoms with van der Waals surface area (Å²) in [6.45, 7) is 0. The minimum absolute atomic E-state index is 0.874. The van der Waals surface area contributed by atoms with Gasteiger partial charge in [0.2, 0.25) is 0 Å². The van der Waals surface area contributed by atoms with E-state index >= 15 is 0 Å². The zero-order valence-corrected chi connectivity index (χ0v) is 27.7. The molecule has 3 heteroatoms. The molecule has 0 unspecified atom stereocenters. The molecule has 0 bridgehead atoms. The lowest BCUT2D eigenvalue weighted by atomic mass is 9.98. The number of rotatable bonds is 6. The maximum atomic E-state index is 6.40. The highest BCUT2D eigenvalue weighted by atomic mass is 16.3. The first-order valence-electron chi connectivity index (χ1n) is 17.3. The van der Waals surface area contributed by atoms with E-state index in [-0.39, 0.29) is 0 Å². The Hall–Kier alpha value is -6.84. The first-order chi connectivity index (χ1) is 25.3. The van der Waals surface area contributed by atoms with Crippen molar-refractivity contribution in [2.24, 2.45) is 0 Å². The molecule has 0 saturated carbocycles. The first-order valence-corrected chi connectivity index (χ1v) is 17.3. The predicted octanol–water partition coefficient (Wildman–Crippen LogP) is 14.0. The Balaban J connectivity index is 1.12. The minimum atomic E-state index is 0.874. The molecule has 0 radical (unpaired) electrons. The average Bonchev–Trinajstić information content (AvgIpc) is 3.77. The molecule has 0 aliphatic rings. The van der Waals surface area contributed by atoms with Crippen LogP contribution in [0.25, 0.3) is 77.3 Å². The molecular formula is C48H31NO2. The molecule has 0 spiro atoms. The van der Waals surface area contributed by atoms with E-state index in [4.69, 9.17) is 8.83 Å². The van der Waals surface area contributed by atoms with E-state index in [2.05, 4.69) is 169 Å². The third-order valence-corrected chi connectivity index (χ3v) is 9.91. The third kappa shape index (κ3) is 4.98. The van der Waals surface area contributed by atoms with Crippen molar-refractivity contribution in [1.29, 1.82) is 0 Å². The van der Waals surface area contributed by atoms with E-state index in [9.17, 15) is 0 Å². The molecule has 240 valence electrons. The summed E-state index contributed by atoms with van der Waals surface area (Å²) in [6, 6.07) is 66.3. The van der Waals surface area contributed by atoms with Crippen LogP contribution in [0.5, 0.6) is 0 Å². The van der Waals surface area contributed by atoms with Gasteiger partial charge in [-0.15, -0.1) is 0 Å². The number of hydrogen-bond donors (Lipinski definition) is 0. The Labute approximate surface area is 295 Å². The highest BCUT2D eigenvalue weighted by Gasteiger charge is 2.20. The lowest BCUT2D eigenvalue weighted by Gasteiger charge is -2.28. The van der Waals surface area contributed by atoms with E-state index in [1.807, 2.05) is 24.3 Å². The fourth-order valence-corrected chi connectivity index (χ4v) is 7.43. The van der Waals surface area contributed by atoms with Gasteiger partial charge < -0.3 is 13.7 Å². The second-order valence-corrected chi connectivity index (χ2v) is 12.9. The van der Waals surface area contributed by atoms with Crippen molar-refractivity contribution in [2.45, 2.75) is 0 Å². The third-order valence-electron chi connectivity index (χ3n) is 9.91. The number of fused-ring (bicyclic) bond motifs is 6. The van der Waals surface area contributed by atoms with Crippen LogP contribution in [0.2, 0.25) is 0 Å². The van der Waals surface area contributed by atoms with E-state index in [1.165, 1.54) is 11.1 Å². The summed E-state index contributed by atoms with van der Waals surface area (Å²) in [7, 11) is 0. The summed E-state index contributed by atoms with van der Waals surface area (Å²) in [5.74, 6) is 0. The number of benzene rings is 8. The maximum absolute atomic E-state index is 6.40. The van der Waals surface area contributed by atoms with Crippen LogP contribution >= 0.6 is 0 Å². The van der Waals surface area contributed by atoms with Crippen molar-refractivity contribution in [3.63, 3.8) is 0 Å². The van der Waals surface area contributed by atoms with Gasteiger partial charge in [0.25, 0.3) is 0 Å². The monoisotopic (exact) mass is 653 g/mol. The number of nitrogens with zero attached hydrogens (tertiary/aromatic N) is 1. The Bertz CT molecular complexity index is 2840. The van der Waals surface area contributed by atoms with Gasteiger partial charge >= 0.3 is 0 Å². The molecule has 0 N–H and O–H groups in total. The zero-order chi connectivity index (χ0) is 33.7. The number of para-hydroxylation sites is 4. The van der Waals surface area contributed by atoms with Gasteiger partial charge in [0.15, 0.2) is 0 Å². The van der Waals surface area contributed by atoms with E-state index in [0.717, 1.165) is 83.2 Å². The Kier molecular flexibility index (Phi) is 6.81. The molecule has 2 aromatic heterocycles. The fraction of sp³-hybridized carbons (Fsp3) is 0. The first kappa shape index (κ1) is 29.1. The Morgan fingerprint density at radius 3 is 1.65 bits per heavy atom. The molecule has 0 atom stereocenters. The smallest absolute Gasteiger partial charge is 0.143 e. The van der Waals surface area contributed by atoms with Crippen molar-refractivity contribution >= 4 is 60.9 Å². The number of hydrogen-bond acceptors (Lipinski definition) is 3. The van der Waals surface area contributed by atoms with E-state index in [0.29, 0.717) is 0 Å². The molecule has 8 aromatic carbocycles. The van der Waals surface area contributed by atoms with Gasteiger partial charge in [-0.3, -0.25) is 0 Å². The molecule has 0 fully saturated rings. The summed E-state index contributed by atoms with van der Waals surface area (Å²) < 4.78 is 12.6. The van der Waals surface area contributed by atoms with E-state index < -0.39 is 0 Å². The van der Waals surface area contributed by atoms with Crippen LogP contribution in [-0.2, 0) is 0 Å². The molecule has 10 rings (SSSR count). The number of furan rings is 2. The molecule has 0 aliphatic carbocycles. The Morgan fingerprint density at radius 1 is 0.314 bits per heavy atom. The fourth-order valence-electron chi connectivity index (χ4n) is 7.43. The van der Waals surface area contributed by atoms with Crippen molar-refractivity contribution in [1.82, 2.24) is 0 Å². The average molecular weight is 654 g/mol. The normalized spacial score (nSPS) is 11.5. The summed E-state index contributed by atoms with van der Waals surface area (Å²) in [5.41, 5.74) is 13.6. The van der Waals surface area contributed by atoms with Gasteiger partial charge in [-0.1, -0.05) is 140 Å². The SMILES string of the molecule is c1ccc(-c2ccc(-c3ccccc3N(c3ccc(-c4cccc5c4oc4ccccc45)cc3)c3ccc4oc5ccccc5c4c3)cc2)cc1. The number of anilines is 3. The molecule has 51 heavy (non-hydrogen) atoms. The van der Waals surface area contributed by atoms with Gasteiger partial charge in [-0.05, 0) is 70.8 Å². The van der Waals surface area contributed by atoms with Crippen molar-refractivity contribution in [2.75, 3.05) is 4.90 Å². The molecule has 3 nitrogen and oxygen atoms in total. The van der Waals surface area contributed by atoms with Crippen LogP contribution in [0.1, 0.15) is 0 Å². The summed E-state index contributed by atoms with van der Waals surface area (Å²) in [4.78, 5) is 2.35. The largest absolute Gasteiger partial charge is 0.456 e. The highest BCUT2D eigenvalue weighted by molar-refractivity contribution is 6.10.